The van der Waals surface area contributed by atoms with Crippen LogP contribution >= 0.6 is 15.9 Å². The minimum atomic E-state index is -1.27. The van der Waals surface area contributed by atoms with Crippen molar-refractivity contribution in [3.63, 3.8) is 0 Å². The molecule has 2 aromatic rings. The number of carbonyl (C=O) groups is 4. The molecule has 4 aliphatic rings. The van der Waals surface area contributed by atoms with Crippen LogP contribution in [0.5, 0.6) is 5.75 Å². The molecule has 2 unspecified atom stereocenters. The van der Waals surface area contributed by atoms with Gasteiger partial charge in [0.1, 0.15) is 18.6 Å². The normalized spacial score (nSPS) is 26.9. The fourth-order valence-electron chi connectivity index (χ4n) is 8.90. The van der Waals surface area contributed by atoms with Crippen molar-refractivity contribution in [1.29, 1.82) is 0 Å². The number of nitrogens with zero attached hydrogens (tertiary/aromatic N) is 6. The van der Waals surface area contributed by atoms with Crippen molar-refractivity contribution in [2.24, 2.45) is 0 Å². The number of phenolic OH excluding ortho intramolecular Hbond substituents is 1. The first-order valence-electron chi connectivity index (χ1n) is 17.8. The van der Waals surface area contributed by atoms with E-state index in [4.69, 9.17) is 0 Å². The summed E-state index contributed by atoms with van der Waals surface area (Å²) in [4.78, 5) is 60.7. The summed E-state index contributed by atoms with van der Waals surface area (Å²) in [5, 5.41) is 37.0. The summed E-state index contributed by atoms with van der Waals surface area (Å²) in [7, 11) is 1.33. The molecule has 0 aliphatic carbocycles. The van der Waals surface area contributed by atoms with E-state index >= 15 is 0 Å². The third kappa shape index (κ3) is 7.50. The molecule has 4 aliphatic heterocycles. The Morgan fingerprint density at radius 2 is 1.78 bits per heavy atom. The highest BCUT2D eigenvalue weighted by Gasteiger charge is 2.61. The van der Waals surface area contributed by atoms with E-state index in [0.717, 1.165) is 43.5 Å². The number of hydroxylamine groups is 2. The summed E-state index contributed by atoms with van der Waals surface area (Å²) in [6.07, 6.45) is 2.36. The van der Waals surface area contributed by atoms with Crippen LogP contribution in [0, 0.1) is 0 Å². The van der Waals surface area contributed by atoms with Crippen LogP contribution < -0.4 is 10.4 Å². The number of nitrogens with one attached hydrogen (secondary N) is 1. The van der Waals surface area contributed by atoms with Gasteiger partial charge < -0.3 is 30.0 Å². The lowest BCUT2D eigenvalue weighted by atomic mass is 9.81. The molecule has 6 rings (SSSR count). The highest BCUT2D eigenvalue weighted by atomic mass is 79.9. The second kappa shape index (κ2) is 15.6. The zero-order valence-corrected chi connectivity index (χ0v) is 30.7. The largest absolute Gasteiger partial charge is 0.507 e. The number of carbonyl (C=O) groups excluding carboxylic acids is 4. The molecule has 15 heteroatoms. The van der Waals surface area contributed by atoms with E-state index in [1.807, 2.05) is 34.1 Å². The van der Waals surface area contributed by atoms with E-state index < -0.39 is 16.2 Å². The molecule has 3 fully saturated rings. The van der Waals surface area contributed by atoms with Gasteiger partial charge in [0, 0.05) is 89.0 Å². The van der Waals surface area contributed by atoms with Gasteiger partial charge in [-0.05, 0) is 65.0 Å². The number of likely N-dealkylation sites (N-methyl/N-ethyl adjacent to an activating group) is 1. The van der Waals surface area contributed by atoms with Gasteiger partial charge in [-0.25, -0.2) is 9.86 Å². The summed E-state index contributed by atoms with van der Waals surface area (Å²) in [5.74, 6) is -0.306. The number of phenols is 1. The molecule has 0 spiro atoms. The Kier molecular flexibility index (Phi) is 11.3. The molecule has 3 N–H and O–H groups in total. The monoisotopic (exact) mass is 769 g/mol. The van der Waals surface area contributed by atoms with Crippen molar-refractivity contribution < 1.29 is 39.1 Å². The summed E-state index contributed by atoms with van der Waals surface area (Å²) < 4.78 is -0.0481. The van der Waals surface area contributed by atoms with Crippen LogP contribution in [0.25, 0.3) is 0 Å². The van der Waals surface area contributed by atoms with Gasteiger partial charge in [-0.1, -0.05) is 18.2 Å². The Balaban J connectivity index is 1.27. The first kappa shape index (κ1) is 37.2. The molecule has 2 aromatic carbocycles. The average molecular weight is 771 g/mol. The Labute approximate surface area is 306 Å². The van der Waals surface area contributed by atoms with E-state index in [2.05, 4.69) is 31.0 Å². The van der Waals surface area contributed by atoms with Crippen LogP contribution in [0.2, 0.25) is 0 Å². The van der Waals surface area contributed by atoms with Gasteiger partial charge in [-0.15, -0.1) is 0 Å². The number of fused-ring (bicyclic) bond motifs is 1. The number of hydrogen-bond donors (Lipinski definition) is 3. The second-order valence-electron chi connectivity index (χ2n) is 14.4. The maximum atomic E-state index is 13.7. The topological polar surface area (TPSA) is 160 Å². The number of quaternary nitrogens is 1. The van der Waals surface area contributed by atoms with Crippen LogP contribution in [-0.2, 0) is 22.6 Å². The van der Waals surface area contributed by atoms with Crippen LogP contribution in [0.4, 0.5) is 15.3 Å². The van der Waals surface area contributed by atoms with E-state index in [-0.39, 0.29) is 62.2 Å². The Bertz CT molecular complexity index is 1610. The standard InChI is InChI=1S/C36H48BrN7O7/c1-39(51)33(47)24-40-16-18-41(19-17-40)28-9-13-42(14-10-28)36(12-21-45)23-29(43-15-8-27-4-2-3-5-31(27)38-34(43)48)11-20-44(36,35(49)50)25-26-6-7-32(46)30(37)22-26/h2-7,21-22,28-29,51H,8-20,23-25H2,1H3,(H2-,38,46,48,49,50)/t29?,36?,44-/m0/s1. The molecule has 3 saturated heterocycles. The molecule has 14 nitrogen and oxygen atoms in total. The molecular formula is C36H48BrN7O7. The van der Waals surface area contributed by atoms with E-state index in [9.17, 15) is 34.6 Å². The number of carboxylic acid groups (broad SMARTS) is 1. The fourth-order valence-corrected chi connectivity index (χ4v) is 9.32. The quantitative estimate of drug-likeness (QED) is 0.150. The molecule has 4 amide bonds. The molecule has 0 radical (unpaired) electrons. The van der Waals surface area contributed by atoms with Crippen LogP contribution in [0.3, 0.4) is 0 Å². The van der Waals surface area contributed by atoms with Gasteiger partial charge in [-0.2, -0.15) is 0 Å². The van der Waals surface area contributed by atoms with Gasteiger partial charge in [-0.3, -0.25) is 29.2 Å². The molecule has 0 bridgehead atoms. The summed E-state index contributed by atoms with van der Waals surface area (Å²) >= 11 is 3.38. The first-order valence-corrected chi connectivity index (χ1v) is 18.6. The van der Waals surface area contributed by atoms with Crippen molar-refractivity contribution in [2.45, 2.75) is 62.8 Å². The highest BCUT2D eigenvalue weighted by Crippen LogP contribution is 2.46. The number of benzene rings is 2. The SMILES string of the molecule is CN(O)C(=O)CN1CCN(C2CCN(C3(CC=O)CC(N4CCc5ccccc5NC4=O)CC[N@+]3(Cc3ccc(O)c(Br)c3)C(=O)[O-])CC2)CC1. The number of hydrogen-bond acceptors (Lipinski definition) is 10. The van der Waals surface area contributed by atoms with E-state index in [1.54, 1.807) is 12.1 Å². The van der Waals surface area contributed by atoms with Crippen LogP contribution in [-0.4, -0.2) is 147 Å². The maximum absolute atomic E-state index is 13.7. The van der Waals surface area contributed by atoms with Gasteiger partial charge in [0.15, 0.2) is 5.66 Å². The first-order chi connectivity index (χ1) is 24.5. The molecule has 51 heavy (non-hydrogen) atoms. The number of piperazine rings is 1. The van der Waals surface area contributed by atoms with E-state index in [1.165, 1.54) is 13.1 Å². The van der Waals surface area contributed by atoms with Gasteiger partial charge in [0.05, 0.1) is 24.0 Å². The van der Waals surface area contributed by atoms with Crippen molar-refractivity contribution in [1.82, 2.24) is 24.7 Å². The number of urea groups is 1. The number of likely N-dealkylation sites (tertiary alicyclic amines) is 2. The van der Waals surface area contributed by atoms with E-state index in [0.29, 0.717) is 60.7 Å². The smallest absolute Gasteiger partial charge is 0.322 e. The zero-order valence-electron chi connectivity index (χ0n) is 29.1. The lowest BCUT2D eigenvalue weighted by Crippen LogP contribution is -2.80. The maximum Gasteiger partial charge on any atom is 0.322 e. The van der Waals surface area contributed by atoms with Crippen molar-refractivity contribution in [3.8, 4) is 5.75 Å². The lowest BCUT2D eigenvalue weighted by molar-refractivity contribution is -0.956. The van der Waals surface area contributed by atoms with Crippen LogP contribution in [0.1, 0.15) is 43.2 Å². The summed E-state index contributed by atoms with van der Waals surface area (Å²) in [5.41, 5.74) is 1.29. The highest BCUT2D eigenvalue weighted by molar-refractivity contribution is 9.10. The molecule has 276 valence electrons. The minimum Gasteiger partial charge on any atom is -0.507 e. The number of aromatic hydroxyl groups is 1. The number of anilines is 1. The second-order valence-corrected chi connectivity index (χ2v) is 15.2. The van der Waals surface area contributed by atoms with Gasteiger partial charge in [0.25, 0.3) is 12.0 Å². The predicted molar refractivity (Wildman–Crippen MR) is 190 cm³/mol. The molecule has 3 atom stereocenters. The Morgan fingerprint density at radius 1 is 1.06 bits per heavy atom. The number of rotatable bonds is 9. The number of aldehydes is 1. The minimum absolute atomic E-state index is 0.0417. The fraction of sp³-hybridized carbons (Fsp3) is 0.556. The molecule has 0 saturated carbocycles. The Morgan fingerprint density at radius 3 is 2.45 bits per heavy atom. The number of para-hydroxylation sites is 1. The third-order valence-electron chi connectivity index (χ3n) is 11.7. The predicted octanol–water partition coefficient (Wildman–Crippen LogP) is 2.28. The molecular weight excluding hydrogens is 722 g/mol. The van der Waals surface area contributed by atoms with Gasteiger partial charge >= 0.3 is 6.03 Å². The summed E-state index contributed by atoms with van der Waals surface area (Å²) in [6.45, 7) is 4.89. The number of amides is 4. The van der Waals surface area contributed by atoms with Gasteiger partial charge in [0.2, 0.25) is 0 Å². The molecule has 0 aromatic heterocycles. The Hall–Kier alpha value is -3.60. The van der Waals surface area contributed by atoms with Crippen molar-refractivity contribution in [2.75, 3.05) is 71.3 Å². The average Bonchev–Trinajstić information content (AvgIpc) is 3.29. The zero-order chi connectivity index (χ0) is 36.3. The summed E-state index contributed by atoms with van der Waals surface area (Å²) in [6, 6.07) is 12.4. The number of halogens is 1. The van der Waals surface area contributed by atoms with Crippen molar-refractivity contribution >= 4 is 45.9 Å². The number of piperidine rings is 2. The third-order valence-corrected chi connectivity index (χ3v) is 12.3. The molecule has 4 heterocycles. The van der Waals surface area contributed by atoms with Crippen LogP contribution in [0.15, 0.2) is 46.9 Å². The lowest BCUT2D eigenvalue weighted by Gasteiger charge is -2.62. The van der Waals surface area contributed by atoms with Crippen molar-refractivity contribution in [3.05, 3.63) is 58.1 Å².